The minimum Gasteiger partial charge on any atom is -0.492 e. The van der Waals surface area contributed by atoms with Crippen molar-refractivity contribution >= 4 is 17.8 Å². The van der Waals surface area contributed by atoms with Crippen molar-refractivity contribution in [3.63, 3.8) is 0 Å². The molecule has 3 amide bonds. The van der Waals surface area contributed by atoms with Crippen molar-refractivity contribution < 1.29 is 14.3 Å². The molecule has 26 heavy (non-hydrogen) atoms. The summed E-state index contributed by atoms with van der Waals surface area (Å²) in [5, 5.41) is 2.31. The summed E-state index contributed by atoms with van der Waals surface area (Å²) in [6.07, 6.45) is 2.25. The maximum absolute atomic E-state index is 11.8. The van der Waals surface area contributed by atoms with Gasteiger partial charge in [-0.05, 0) is 29.8 Å². The second-order valence-electron chi connectivity index (χ2n) is 6.23. The number of urea groups is 1. The summed E-state index contributed by atoms with van der Waals surface area (Å²) in [4.78, 5) is 31.0. The van der Waals surface area contributed by atoms with E-state index in [-0.39, 0.29) is 11.9 Å². The maximum atomic E-state index is 11.8. The normalized spacial score (nSPS) is 16.5. The van der Waals surface area contributed by atoms with Crippen molar-refractivity contribution in [3.8, 4) is 5.75 Å². The minimum atomic E-state index is -0.457. The lowest BCUT2D eigenvalue weighted by Crippen LogP contribution is -2.33. The Morgan fingerprint density at radius 2 is 1.96 bits per heavy atom. The molecular formula is C19H22N4O3. The molecule has 0 saturated carbocycles. The molecule has 0 aliphatic carbocycles. The van der Waals surface area contributed by atoms with Crippen LogP contribution in [0.1, 0.15) is 5.56 Å². The molecule has 1 fully saturated rings. The summed E-state index contributed by atoms with van der Waals surface area (Å²) < 4.78 is 5.77. The van der Waals surface area contributed by atoms with Crippen LogP contribution >= 0.6 is 0 Å². The third kappa shape index (κ3) is 4.11. The Bertz CT molecular complexity index is 764. The van der Waals surface area contributed by atoms with Crippen molar-refractivity contribution in [3.05, 3.63) is 54.2 Å². The smallest absolute Gasteiger partial charge is 0.324 e. The SMILES string of the molecule is CN(CCOc1ccc(CC2C(=O)NC(=O)N2C)cc1)c1ccccn1. The molecule has 1 aromatic carbocycles. The predicted molar refractivity (Wildman–Crippen MR) is 98.2 cm³/mol. The fourth-order valence-corrected chi connectivity index (χ4v) is 2.76. The van der Waals surface area contributed by atoms with E-state index in [1.54, 1.807) is 13.2 Å². The molecular weight excluding hydrogens is 332 g/mol. The Morgan fingerprint density at radius 3 is 2.58 bits per heavy atom. The van der Waals surface area contributed by atoms with Crippen LogP contribution in [0.3, 0.4) is 0 Å². The lowest BCUT2D eigenvalue weighted by Gasteiger charge is -2.18. The van der Waals surface area contributed by atoms with Gasteiger partial charge in [-0.25, -0.2) is 9.78 Å². The number of amides is 3. The number of anilines is 1. The topological polar surface area (TPSA) is 74.8 Å². The Hall–Kier alpha value is -3.09. The number of benzene rings is 1. The molecule has 1 unspecified atom stereocenters. The second kappa shape index (κ2) is 7.86. The summed E-state index contributed by atoms with van der Waals surface area (Å²) in [5.74, 6) is 1.42. The van der Waals surface area contributed by atoms with Gasteiger partial charge in [0.15, 0.2) is 0 Å². The number of nitrogens with one attached hydrogen (secondary N) is 1. The summed E-state index contributed by atoms with van der Waals surface area (Å²) in [5.41, 5.74) is 0.977. The van der Waals surface area contributed by atoms with E-state index in [2.05, 4.69) is 10.3 Å². The van der Waals surface area contributed by atoms with Crippen LogP contribution in [0.15, 0.2) is 48.7 Å². The Kier molecular flexibility index (Phi) is 5.36. The molecule has 1 aliphatic rings. The molecule has 3 rings (SSSR count). The second-order valence-corrected chi connectivity index (χ2v) is 6.23. The molecule has 136 valence electrons. The number of pyridine rings is 1. The Morgan fingerprint density at radius 1 is 1.19 bits per heavy atom. The van der Waals surface area contributed by atoms with E-state index < -0.39 is 6.04 Å². The average Bonchev–Trinajstić information content (AvgIpc) is 2.90. The first-order chi connectivity index (χ1) is 12.5. The van der Waals surface area contributed by atoms with E-state index in [4.69, 9.17) is 4.74 Å². The third-order valence-corrected chi connectivity index (χ3v) is 4.41. The molecule has 1 saturated heterocycles. The van der Waals surface area contributed by atoms with Crippen LogP contribution in [-0.2, 0) is 11.2 Å². The van der Waals surface area contributed by atoms with Crippen LogP contribution in [0, 0.1) is 0 Å². The monoisotopic (exact) mass is 354 g/mol. The van der Waals surface area contributed by atoms with Crippen molar-refractivity contribution in [2.75, 3.05) is 32.1 Å². The highest BCUT2D eigenvalue weighted by atomic mass is 16.5. The predicted octanol–water partition coefficient (Wildman–Crippen LogP) is 1.69. The van der Waals surface area contributed by atoms with Gasteiger partial charge in [0, 0.05) is 26.7 Å². The molecule has 0 radical (unpaired) electrons. The fourth-order valence-electron chi connectivity index (χ4n) is 2.76. The number of ether oxygens (including phenoxy) is 1. The van der Waals surface area contributed by atoms with Crippen LogP contribution < -0.4 is 15.0 Å². The van der Waals surface area contributed by atoms with Gasteiger partial charge in [-0.3, -0.25) is 10.1 Å². The van der Waals surface area contributed by atoms with E-state index in [0.29, 0.717) is 19.6 Å². The van der Waals surface area contributed by atoms with Crippen LogP contribution in [0.2, 0.25) is 0 Å². The van der Waals surface area contributed by atoms with Gasteiger partial charge in [0.2, 0.25) is 0 Å². The summed E-state index contributed by atoms with van der Waals surface area (Å²) in [6, 6.07) is 12.6. The van der Waals surface area contributed by atoms with E-state index in [1.165, 1.54) is 4.90 Å². The van der Waals surface area contributed by atoms with Gasteiger partial charge in [0.05, 0.1) is 6.54 Å². The zero-order valence-electron chi connectivity index (χ0n) is 14.9. The molecule has 1 aromatic heterocycles. The van der Waals surface area contributed by atoms with Crippen LogP contribution in [0.5, 0.6) is 5.75 Å². The summed E-state index contributed by atoms with van der Waals surface area (Å²) in [6.45, 7) is 1.25. The summed E-state index contributed by atoms with van der Waals surface area (Å²) in [7, 11) is 3.60. The van der Waals surface area contributed by atoms with Crippen molar-refractivity contribution in [1.82, 2.24) is 15.2 Å². The van der Waals surface area contributed by atoms with Gasteiger partial charge in [0.1, 0.15) is 24.2 Å². The van der Waals surface area contributed by atoms with Gasteiger partial charge in [-0.2, -0.15) is 0 Å². The molecule has 2 aromatic rings. The molecule has 7 heteroatoms. The Balaban J connectivity index is 1.49. The number of hydrogen-bond acceptors (Lipinski definition) is 5. The quantitative estimate of drug-likeness (QED) is 0.766. The van der Waals surface area contributed by atoms with Crippen LogP contribution in [0.25, 0.3) is 0 Å². The molecule has 7 nitrogen and oxygen atoms in total. The maximum Gasteiger partial charge on any atom is 0.324 e. The third-order valence-electron chi connectivity index (χ3n) is 4.41. The molecule has 0 bridgehead atoms. The summed E-state index contributed by atoms with van der Waals surface area (Å²) >= 11 is 0. The minimum absolute atomic E-state index is 0.254. The molecule has 2 heterocycles. The number of likely N-dealkylation sites (N-methyl/N-ethyl adjacent to an activating group) is 2. The number of carbonyl (C=O) groups excluding carboxylic acids is 2. The first kappa shape index (κ1) is 17.7. The molecule has 1 N–H and O–H groups in total. The molecule has 1 aliphatic heterocycles. The van der Waals surface area contributed by atoms with Gasteiger partial charge in [-0.1, -0.05) is 18.2 Å². The number of nitrogens with zero attached hydrogens (tertiary/aromatic N) is 3. The van der Waals surface area contributed by atoms with E-state index in [9.17, 15) is 9.59 Å². The number of rotatable bonds is 7. The van der Waals surface area contributed by atoms with Gasteiger partial charge >= 0.3 is 6.03 Å². The van der Waals surface area contributed by atoms with Gasteiger partial charge in [-0.15, -0.1) is 0 Å². The zero-order chi connectivity index (χ0) is 18.5. The average molecular weight is 354 g/mol. The van der Waals surface area contributed by atoms with Gasteiger partial charge < -0.3 is 14.5 Å². The lowest BCUT2D eigenvalue weighted by molar-refractivity contribution is -0.121. The van der Waals surface area contributed by atoms with E-state index >= 15 is 0 Å². The van der Waals surface area contributed by atoms with Crippen molar-refractivity contribution in [2.45, 2.75) is 12.5 Å². The zero-order valence-corrected chi connectivity index (χ0v) is 14.9. The largest absolute Gasteiger partial charge is 0.492 e. The lowest BCUT2D eigenvalue weighted by atomic mass is 10.1. The first-order valence-corrected chi connectivity index (χ1v) is 8.46. The fraction of sp³-hybridized carbons (Fsp3) is 0.316. The van der Waals surface area contributed by atoms with E-state index in [1.807, 2.05) is 54.4 Å². The number of aromatic nitrogens is 1. The highest BCUT2D eigenvalue weighted by Gasteiger charge is 2.35. The highest BCUT2D eigenvalue weighted by molar-refractivity contribution is 6.04. The van der Waals surface area contributed by atoms with E-state index in [0.717, 1.165) is 17.1 Å². The highest BCUT2D eigenvalue weighted by Crippen LogP contribution is 2.17. The van der Waals surface area contributed by atoms with Gasteiger partial charge in [0.25, 0.3) is 5.91 Å². The number of imide groups is 1. The number of hydrogen-bond donors (Lipinski definition) is 1. The van der Waals surface area contributed by atoms with Crippen LogP contribution in [0.4, 0.5) is 10.6 Å². The molecule has 1 atom stereocenters. The van der Waals surface area contributed by atoms with Crippen molar-refractivity contribution in [2.24, 2.45) is 0 Å². The molecule has 0 spiro atoms. The number of carbonyl (C=O) groups is 2. The van der Waals surface area contributed by atoms with Crippen LogP contribution in [-0.4, -0.2) is 55.1 Å². The standard InChI is InChI=1S/C19H22N4O3/c1-22(17-5-3-4-10-20-17)11-12-26-15-8-6-14(7-9-15)13-16-18(24)21-19(25)23(16)2/h3-10,16H,11-13H2,1-2H3,(H,21,24,25). The Labute approximate surface area is 152 Å². The first-order valence-electron chi connectivity index (χ1n) is 8.46. The van der Waals surface area contributed by atoms with Crippen molar-refractivity contribution in [1.29, 1.82) is 0 Å².